The lowest BCUT2D eigenvalue weighted by Gasteiger charge is -2.67. The van der Waals surface area contributed by atoms with Gasteiger partial charge in [0.1, 0.15) is 4.87 Å². The van der Waals surface area contributed by atoms with E-state index in [2.05, 4.69) is 82.6 Å². The van der Waals surface area contributed by atoms with Crippen LogP contribution in [0, 0.1) is 5.41 Å². The Morgan fingerprint density at radius 2 is 1.65 bits per heavy atom. The molecule has 0 bridgehead atoms. The fourth-order valence-corrected chi connectivity index (χ4v) is 6.01. The largest absolute Gasteiger partial charge is 0.349 e. The minimum atomic E-state index is -0.0681. The van der Waals surface area contributed by atoms with E-state index in [1.54, 1.807) is 0 Å². The van der Waals surface area contributed by atoms with Crippen LogP contribution in [-0.4, -0.2) is 22.2 Å². The molecule has 1 fully saturated rings. The fourth-order valence-electron chi connectivity index (χ4n) is 3.88. The van der Waals surface area contributed by atoms with E-state index >= 15 is 0 Å². The average Bonchev–Trinajstić information content (AvgIpc) is 2.41. The summed E-state index contributed by atoms with van der Waals surface area (Å²) in [6.07, 6.45) is 0. The molecule has 2 aliphatic heterocycles. The first-order valence-electron chi connectivity index (χ1n) is 7.23. The van der Waals surface area contributed by atoms with Crippen LogP contribution in [0.2, 0.25) is 0 Å². The van der Waals surface area contributed by atoms with Crippen molar-refractivity contribution < 1.29 is 0 Å². The van der Waals surface area contributed by atoms with Gasteiger partial charge in [-0.25, -0.2) is 0 Å². The maximum Gasteiger partial charge on any atom is 0.118 e. The van der Waals surface area contributed by atoms with Gasteiger partial charge in [0.15, 0.2) is 0 Å². The maximum absolute atomic E-state index is 5.84. The van der Waals surface area contributed by atoms with Gasteiger partial charge in [-0.3, -0.25) is 0 Å². The molecule has 1 spiro atoms. The minimum Gasteiger partial charge on any atom is -0.349 e. The number of thiocarbonyl (C=S) groups is 1. The third kappa shape index (κ3) is 1.38. The number of hydrogen-bond donors (Lipinski definition) is 0. The maximum atomic E-state index is 5.84. The van der Waals surface area contributed by atoms with Gasteiger partial charge >= 0.3 is 0 Å². The van der Waals surface area contributed by atoms with Crippen LogP contribution in [0.3, 0.4) is 0 Å². The molecular weight excluding hydrogens is 282 g/mol. The van der Waals surface area contributed by atoms with Crippen LogP contribution in [-0.2, 0) is 10.3 Å². The summed E-state index contributed by atoms with van der Waals surface area (Å²) in [7, 11) is 2.18. The Hall–Kier alpha value is -0.540. The Bertz CT molecular complexity index is 590. The van der Waals surface area contributed by atoms with E-state index in [1.807, 2.05) is 0 Å². The molecule has 1 nitrogen and oxygen atoms in total. The number of hydrogen-bond acceptors (Lipinski definition) is 2. The van der Waals surface area contributed by atoms with E-state index in [0.717, 1.165) is 4.99 Å². The zero-order valence-electron chi connectivity index (χ0n) is 13.2. The molecule has 108 valence electrons. The number of nitrogens with zero attached hydrogens (tertiary/aromatic N) is 1. The molecular formula is C17H23NS2. The molecule has 2 unspecified atom stereocenters. The summed E-state index contributed by atoms with van der Waals surface area (Å²) < 4.78 is 0. The molecule has 0 radical (unpaired) electrons. The summed E-state index contributed by atoms with van der Waals surface area (Å²) in [6.45, 7) is 11.6. The van der Waals surface area contributed by atoms with Gasteiger partial charge in [-0.1, -0.05) is 57.3 Å². The number of rotatable bonds is 0. The van der Waals surface area contributed by atoms with Crippen LogP contribution < -0.4 is 0 Å². The molecule has 3 heteroatoms. The molecule has 1 aromatic carbocycles. The van der Waals surface area contributed by atoms with Gasteiger partial charge in [-0.2, -0.15) is 0 Å². The van der Waals surface area contributed by atoms with Gasteiger partial charge in [0.05, 0.1) is 4.99 Å². The highest BCUT2D eigenvalue weighted by molar-refractivity contribution is 8.02. The summed E-state index contributed by atoms with van der Waals surface area (Å²) in [5.41, 5.74) is 2.99. The fraction of sp³-hybridized carbons (Fsp3) is 0.588. The van der Waals surface area contributed by atoms with Gasteiger partial charge in [-0.05, 0) is 25.0 Å². The highest BCUT2D eigenvalue weighted by Crippen LogP contribution is 2.70. The summed E-state index contributed by atoms with van der Waals surface area (Å²) >= 11 is 7.90. The lowest BCUT2D eigenvalue weighted by atomic mass is 9.66. The van der Waals surface area contributed by atoms with E-state index < -0.39 is 0 Å². The third-order valence-electron chi connectivity index (χ3n) is 5.51. The summed E-state index contributed by atoms with van der Waals surface area (Å²) in [5, 5.41) is 0.641. The van der Waals surface area contributed by atoms with Crippen LogP contribution >= 0.6 is 24.0 Å². The number of thioether (sulfide) groups is 1. The monoisotopic (exact) mass is 305 g/mol. The zero-order valence-corrected chi connectivity index (χ0v) is 14.8. The third-order valence-corrected chi connectivity index (χ3v) is 8.60. The van der Waals surface area contributed by atoms with Crippen LogP contribution in [0.4, 0.5) is 0 Å². The first-order chi connectivity index (χ1) is 9.17. The summed E-state index contributed by atoms with van der Waals surface area (Å²) in [4.78, 5) is 3.42. The van der Waals surface area contributed by atoms with Crippen molar-refractivity contribution in [2.45, 2.75) is 50.2 Å². The minimum absolute atomic E-state index is 0.00435. The van der Waals surface area contributed by atoms with Crippen LogP contribution in [0.25, 0.3) is 0 Å². The average molecular weight is 306 g/mol. The van der Waals surface area contributed by atoms with Crippen molar-refractivity contribution in [2.24, 2.45) is 5.41 Å². The van der Waals surface area contributed by atoms with Gasteiger partial charge in [-0.15, -0.1) is 11.8 Å². The Labute approximate surface area is 132 Å². The number of fused-ring (bicyclic) bond motifs is 2. The van der Waals surface area contributed by atoms with Crippen LogP contribution in [0.15, 0.2) is 24.3 Å². The first kappa shape index (κ1) is 14.4. The second-order valence-corrected chi connectivity index (χ2v) is 9.08. The van der Waals surface area contributed by atoms with Crippen molar-refractivity contribution in [1.29, 1.82) is 0 Å². The topological polar surface area (TPSA) is 3.24 Å². The zero-order chi connectivity index (χ0) is 14.9. The molecule has 2 atom stereocenters. The highest BCUT2D eigenvalue weighted by Gasteiger charge is 2.66. The normalized spacial score (nSPS) is 33.8. The second kappa shape index (κ2) is 4.01. The predicted octanol–water partition coefficient (Wildman–Crippen LogP) is 4.55. The molecule has 0 aromatic heterocycles. The molecule has 0 saturated carbocycles. The second-order valence-electron chi connectivity index (χ2n) is 7.16. The van der Waals surface area contributed by atoms with Crippen molar-refractivity contribution in [1.82, 2.24) is 4.90 Å². The Kier molecular flexibility index (Phi) is 2.89. The van der Waals surface area contributed by atoms with Crippen molar-refractivity contribution in [2.75, 3.05) is 7.05 Å². The lowest BCUT2D eigenvalue weighted by molar-refractivity contribution is 0.0909. The Morgan fingerprint density at radius 3 is 2.15 bits per heavy atom. The van der Waals surface area contributed by atoms with Crippen molar-refractivity contribution in [3.05, 3.63) is 35.4 Å². The molecule has 2 aliphatic rings. The van der Waals surface area contributed by atoms with Gasteiger partial charge in [0.25, 0.3) is 0 Å². The first-order valence-corrected chi connectivity index (χ1v) is 8.52. The standard InChI is InChI=1S/C17H23NS2/c1-11-16(4,5)17(20-11)13-10-8-7-9-12(13)15(2,3)14(19)18(17)6/h7-11H,1-6H3. The molecule has 1 aromatic rings. The van der Waals surface area contributed by atoms with E-state index in [0.29, 0.717) is 5.25 Å². The predicted molar refractivity (Wildman–Crippen MR) is 92.3 cm³/mol. The van der Waals surface area contributed by atoms with E-state index in [9.17, 15) is 0 Å². The SMILES string of the molecule is CC1SC2(c3ccccc3C(C)(C)C(=S)N2C)C1(C)C. The van der Waals surface area contributed by atoms with Gasteiger partial charge < -0.3 is 4.90 Å². The van der Waals surface area contributed by atoms with Gasteiger partial charge in [0, 0.05) is 23.1 Å². The van der Waals surface area contributed by atoms with Crippen molar-refractivity contribution >= 4 is 29.0 Å². The van der Waals surface area contributed by atoms with Gasteiger partial charge in [0.2, 0.25) is 0 Å². The molecule has 0 aliphatic carbocycles. The summed E-state index contributed by atoms with van der Waals surface area (Å²) in [5.74, 6) is 0. The Morgan fingerprint density at radius 1 is 1.10 bits per heavy atom. The van der Waals surface area contributed by atoms with Crippen molar-refractivity contribution in [3.63, 3.8) is 0 Å². The van der Waals surface area contributed by atoms with Crippen LogP contribution in [0.5, 0.6) is 0 Å². The highest BCUT2D eigenvalue weighted by atomic mass is 32.2. The molecule has 2 heterocycles. The quantitative estimate of drug-likeness (QED) is 0.647. The number of likely N-dealkylation sites (N-methyl/N-ethyl adjacent to an activating group) is 1. The molecule has 3 rings (SSSR count). The Balaban J connectivity index is 2.31. The lowest BCUT2D eigenvalue weighted by Crippen LogP contribution is -2.69. The molecule has 20 heavy (non-hydrogen) atoms. The number of benzene rings is 1. The molecule has 0 amide bonds. The van der Waals surface area contributed by atoms with E-state index in [1.165, 1.54) is 11.1 Å². The smallest absolute Gasteiger partial charge is 0.118 e. The summed E-state index contributed by atoms with van der Waals surface area (Å²) in [6, 6.07) is 8.87. The van der Waals surface area contributed by atoms with Crippen LogP contribution in [0.1, 0.15) is 45.7 Å². The van der Waals surface area contributed by atoms with E-state index in [4.69, 9.17) is 12.2 Å². The van der Waals surface area contributed by atoms with E-state index in [-0.39, 0.29) is 15.7 Å². The molecule has 1 saturated heterocycles. The van der Waals surface area contributed by atoms with Crippen molar-refractivity contribution in [3.8, 4) is 0 Å². The molecule has 0 N–H and O–H groups in total.